The lowest BCUT2D eigenvalue weighted by Crippen LogP contribution is -2.67. The van der Waals surface area contributed by atoms with E-state index in [1.54, 1.807) is 0 Å². The van der Waals surface area contributed by atoms with Crippen molar-refractivity contribution >= 4 is 11.8 Å². The molecule has 1 aliphatic rings. The SMILES string of the molecule is CCCC(CC)N1C(=O)C(CC(C)C)NC(=O)C1C(C)C. The average Bonchev–Trinajstić information content (AvgIpc) is 2.38. The van der Waals surface area contributed by atoms with E-state index in [0.29, 0.717) is 12.3 Å². The van der Waals surface area contributed by atoms with Crippen molar-refractivity contribution in [1.82, 2.24) is 10.2 Å². The maximum atomic E-state index is 12.9. The van der Waals surface area contributed by atoms with Crippen LogP contribution in [0.15, 0.2) is 0 Å². The largest absolute Gasteiger partial charge is 0.342 e. The molecule has 1 fully saturated rings. The second kappa shape index (κ2) is 7.81. The van der Waals surface area contributed by atoms with Crippen LogP contribution in [-0.2, 0) is 9.59 Å². The van der Waals surface area contributed by atoms with Crippen LogP contribution in [0, 0.1) is 11.8 Å². The Morgan fingerprint density at radius 2 is 1.76 bits per heavy atom. The molecule has 1 aliphatic heterocycles. The first-order valence-electron chi connectivity index (χ1n) is 8.45. The maximum Gasteiger partial charge on any atom is 0.246 e. The first kappa shape index (κ1) is 18.0. The molecule has 1 saturated heterocycles. The minimum atomic E-state index is -0.349. The molecule has 122 valence electrons. The van der Waals surface area contributed by atoms with Crippen molar-refractivity contribution in [2.75, 3.05) is 0 Å². The van der Waals surface area contributed by atoms with E-state index < -0.39 is 0 Å². The van der Waals surface area contributed by atoms with Gasteiger partial charge in [-0.1, -0.05) is 48.0 Å². The molecule has 0 aromatic rings. The first-order chi connectivity index (χ1) is 9.83. The Bertz CT molecular complexity index is 366. The number of nitrogens with one attached hydrogen (secondary N) is 1. The molecule has 1 rings (SSSR count). The Hall–Kier alpha value is -1.06. The molecule has 0 bridgehead atoms. The lowest BCUT2D eigenvalue weighted by Gasteiger charge is -2.45. The third-order valence-electron chi connectivity index (χ3n) is 4.26. The topological polar surface area (TPSA) is 49.4 Å². The van der Waals surface area contributed by atoms with Crippen LogP contribution in [0.3, 0.4) is 0 Å². The molecule has 0 aromatic carbocycles. The normalized spacial score (nSPS) is 24.7. The third kappa shape index (κ3) is 4.21. The zero-order valence-electron chi connectivity index (χ0n) is 14.5. The summed E-state index contributed by atoms with van der Waals surface area (Å²) in [5, 5.41) is 2.95. The molecule has 1 N–H and O–H groups in total. The first-order valence-corrected chi connectivity index (χ1v) is 8.45. The summed E-state index contributed by atoms with van der Waals surface area (Å²) in [5.74, 6) is 0.662. The number of carbonyl (C=O) groups is 2. The van der Waals surface area contributed by atoms with Crippen molar-refractivity contribution in [3.8, 4) is 0 Å². The van der Waals surface area contributed by atoms with Gasteiger partial charge < -0.3 is 10.2 Å². The summed E-state index contributed by atoms with van der Waals surface area (Å²) >= 11 is 0. The van der Waals surface area contributed by atoms with E-state index in [9.17, 15) is 9.59 Å². The quantitative estimate of drug-likeness (QED) is 0.785. The highest BCUT2D eigenvalue weighted by molar-refractivity contribution is 5.97. The number of nitrogens with zero attached hydrogens (tertiary/aromatic N) is 1. The van der Waals surface area contributed by atoms with Crippen LogP contribution < -0.4 is 5.32 Å². The third-order valence-corrected chi connectivity index (χ3v) is 4.26. The van der Waals surface area contributed by atoms with Crippen LogP contribution in [0.2, 0.25) is 0 Å². The van der Waals surface area contributed by atoms with Gasteiger partial charge in [0.25, 0.3) is 0 Å². The fraction of sp³-hybridized carbons (Fsp3) is 0.882. The molecule has 4 nitrogen and oxygen atoms in total. The second-order valence-corrected chi connectivity index (χ2v) is 6.98. The lowest BCUT2D eigenvalue weighted by atomic mass is 9.90. The fourth-order valence-electron chi connectivity index (χ4n) is 3.30. The van der Waals surface area contributed by atoms with E-state index in [-0.39, 0.29) is 35.9 Å². The standard InChI is InChI=1S/C17H32N2O2/c1-7-9-13(8-2)19-15(12(5)6)16(20)18-14(17(19)21)10-11(3)4/h11-15H,7-10H2,1-6H3,(H,18,20). The van der Waals surface area contributed by atoms with Crippen LogP contribution in [0.1, 0.15) is 67.2 Å². The summed E-state index contributed by atoms with van der Waals surface area (Å²) in [6.45, 7) is 12.4. The lowest BCUT2D eigenvalue weighted by molar-refractivity contribution is -0.155. The Labute approximate surface area is 129 Å². The minimum Gasteiger partial charge on any atom is -0.342 e. The predicted octanol–water partition coefficient (Wildman–Crippen LogP) is 2.96. The highest BCUT2D eigenvalue weighted by Crippen LogP contribution is 2.26. The van der Waals surface area contributed by atoms with Gasteiger partial charge in [0.2, 0.25) is 11.8 Å². The van der Waals surface area contributed by atoms with Gasteiger partial charge in [0, 0.05) is 6.04 Å². The van der Waals surface area contributed by atoms with Crippen LogP contribution in [-0.4, -0.2) is 34.8 Å². The monoisotopic (exact) mass is 296 g/mol. The molecular weight excluding hydrogens is 264 g/mol. The van der Waals surface area contributed by atoms with Gasteiger partial charge in [0.05, 0.1) is 0 Å². The fourth-order valence-corrected chi connectivity index (χ4v) is 3.30. The summed E-state index contributed by atoms with van der Waals surface area (Å²) < 4.78 is 0. The summed E-state index contributed by atoms with van der Waals surface area (Å²) in [7, 11) is 0. The van der Waals surface area contributed by atoms with E-state index in [1.807, 2.05) is 18.7 Å². The molecule has 3 unspecified atom stereocenters. The Morgan fingerprint density at radius 3 is 2.19 bits per heavy atom. The number of carbonyl (C=O) groups excluding carboxylic acids is 2. The molecule has 4 heteroatoms. The summed E-state index contributed by atoms with van der Waals surface area (Å²) in [6.07, 6.45) is 3.62. The number of rotatable bonds is 7. The highest BCUT2D eigenvalue weighted by atomic mass is 16.2. The molecule has 0 saturated carbocycles. The van der Waals surface area contributed by atoms with Crippen molar-refractivity contribution in [3.63, 3.8) is 0 Å². The summed E-state index contributed by atoms with van der Waals surface area (Å²) in [4.78, 5) is 27.3. The summed E-state index contributed by atoms with van der Waals surface area (Å²) in [6, 6.07) is -0.494. The van der Waals surface area contributed by atoms with E-state index in [0.717, 1.165) is 19.3 Å². The van der Waals surface area contributed by atoms with Crippen molar-refractivity contribution < 1.29 is 9.59 Å². The minimum absolute atomic E-state index is 0.0183. The second-order valence-electron chi connectivity index (χ2n) is 6.98. The molecule has 1 heterocycles. The molecule has 2 amide bonds. The summed E-state index contributed by atoms with van der Waals surface area (Å²) in [5.41, 5.74) is 0. The van der Waals surface area contributed by atoms with E-state index >= 15 is 0 Å². The zero-order valence-corrected chi connectivity index (χ0v) is 14.5. The highest BCUT2D eigenvalue weighted by Gasteiger charge is 2.44. The van der Waals surface area contributed by atoms with Gasteiger partial charge >= 0.3 is 0 Å². The van der Waals surface area contributed by atoms with Crippen LogP contribution in [0.4, 0.5) is 0 Å². The predicted molar refractivity (Wildman–Crippen MR) is 85.8 cm³/mol. The van der Waals surface area contributed by atoms with E-state index in [4.69, 9.17) is 0 Å². The Morgan fingerprint density at radius 1 is 1.14 bits per heavy atom. The molecule has 3 atom stereocenters. The van der Waals surface area contributed by atoms with Crippen molar-refractivity contribution in [1.29, 1.82) is 0 Å². The van der Waals surface area contributed by atoms with Crippen LogP contribution >= 0.6 is 0 Å². The van der Waals surface area contributed by atoms with E-state index in [1.165, 1.54) is 0 Å². The van der Waals surface area contributed by atoms with Crippen molar-refractivity contribution in [3.05, 3.63) is 0 Å². The zero-order chi connectivity index (χ0) is 16.2. The maximum absolute atomic E-state index is 12.9. The molecular formula is C17H32N2O2. The number of piperazine rings is 1. The van der Waals surface area contributed by atoms with Crippen molar-refractivity contribution in [2.24, 2.45) is 11.8 Å². The Kier molecular flexibility index (Phi) is 6.69. The number of hydrogen-bond donors (Lipinski definition) is 1. The molecule has 21 heavy (non-hydrogen) atoms. The molecule has 0 spiro atoms. The van der Waals surface area contributed by atoms with E-state index in [2.05, 4.69) is 33.0 Å². The molecule has 0 aliphatic carbocycles. The van der Waals surface area contributed by atoms with Gasteiger partial charge in [-0.2, -0.15) is 0 Å². The van der Waals surface area contributed by atoms with Crippen LogP contribution in [0.5, 0.6) is 0 Å². The van der Waals surface area contributed by atoms with Gasteiger partial charge in [-0.05, 0) is 31.1 Å². The van der Waals surface area contributed by atoms with Gasteiger partial charge in [0.15, 0.2) is 0 Å². The average molecular weight is 296 g/mol. The van der Waals surface area contributed by atoms with Gasteiger partial charge in [-0.15, -0.1) is 0 Å². The van der Waals surface area contributed by atoms with Gasteiger partial charge in [-0.25, -0.2) is 0 Å². The van der Waals surface area contributed by atoms with Crippen molar-refractivity contribution in [2.45, 2.75) is 85.4 Å². The van der Waals surface area contributed by atoms with Crippen LogP contribution in [0.25, 0.3) is 0 Å². The smallest absolute Gasteiger partial charge is 0.246 e. The van der Waals surface area contributed by atoms with Gasteiger partial charge in [-0.3, -0.25) is 9.59 Å². The molecule has 0 aromatic heterocycles. The van der Waals surface area contributed by atoms with Gasteiger partial charge in [0.1, 0.15) is 12.1 Å². The number of amides is 2. The molecule has 0 radical (unpaired) electrons. The Balaban J connectivity index is 3.07. The number of hydrogen-bond acceptors (Lipinski definition) is 2.